The number of ether oxygens (including phenoxy) is 1. The molecule has 0 aromatic rings. The van der Waals surface area contributed by atoms with Gasteiger partial charge in [-0.15, -0.1) is 0 Å². The summed E-state index contributed by atoms with van der Waals surface area (Å²) in [5.41, 5.74) is 0. The fourth-order valence-corrected chi connectivity index (χ4v) is 2.86. The van der Waals surface area contributed by atoms with Crippen LogP contribution in [-0.2, 0) is 9.53 Å². The van der Waals surface area contributed by atoms with E-state index in [9.17, 15) is 20.1 Å². The van der Waals surface area contributed by atoms with Crippen LogP contribution in [0.5, 0.6) is 0 Å². The summed E-state index contributed by atoms with van der Waals surface area (Å²) in [6.07, 6.45) is 15.4. The van der Waals surface area contributed by atoms with Gasteiger partial charge in [0.05, 0.1) is 24.4 Å². The second-order valence-electron chi connectivity index (χ2n) is 6.92. The third-order valence-electron chi connectivity index (χ3n) is 4.45. The lowest BCUT2D eigenvalue weighted by molar-refractivity contribution is -0.138. The molecule has 6 heteroatoms. The van der Waals surface area contributed by atoms with Gasteiger partial charge in [0.15, 0.2) is 0 Å². The normalized spacial score (nSPS) is 25.5. The first kappa shape index (κ1) is 24.3. The highest BCUT2D eigenvalue weighted by Crippen LogP contribution is 2.25. The van der Waals surface area contributed by atoms with Gasteiger partial charge >= 0.3 is 5.97 Å². The van der Waals surface area contributed by atoms with Crippen LogP contribution in [0, 0.1) is 0 Å². The van der Waals surface area contributed by atoms with E-state index >= 15 is 0 Å². The Labute approximate surface area is 167 Å². The zero-order valence-electron chi connectivity index (χ0n) is 16.6. The maximum absolute atomic E-state index is 10.6. The molecule has 0 unspecified atom stereocenters. The highest BCUT2D eigenvalue weighted by molar-refractivity contribution is 5.66. The zero-order valence-corrected chi connectivity index (χ0v) is 16.6. The van der Waals surface area contributed by atoms with Gasteiger partial charge < -0.3 is 25.2 Å². The summed E-state index contributed by atoms with van der Waals surface area (Å²) in [5.74, 6) is -0.978. The lowest BCUT2D eigenvalue weighted by Crippen LogP contribution is -2.26. The number of hydrogen-bond donors (Lipinski definition) is 4. The molecule has 4 N–H and O–H groups in total. The Kier molecular flexibility index (Phi) is 12.4. The molecule has 0 amide bonds. The molecule has 1 aliphatic heterocycles. The second-order valence-corrected chi connectivity index (χ2v) is 6.92. The number of carboxylic acids is 1. The van der Waals surface area contributed by atoms with Crippen LogP contribution in [0.1, 0.15) is 51.9 Å². The molecule has 1 rings (SSSR count). The first-order valence-electron chi connectivity index (χ1n) is 9.98. The summed E-state index contributed by atoms with van der Waals surface area (Å²) in [7, 11) is 0. The monoisotopic (exact) mass is 394 g/mol. The highest BCUT2D eigenvalue weighted by atomic mass is 16.5. The fraction of sp³-hybridized carbons (Fsp3) is 0.591. The van der Waals surface area contributed by atoms with Gasteiger partial charge in [0.25, 0.3) is 0 Å². The molecular weight excluding hydrogens is 360 g/mol. The molecule has 0 radical (unpaired) electrons. The van der Waals surface area contributed by atoms with Crippen LogP contribution in [0.2, 0.25) is 0 Å². The van der Waals surface area contributed by atoms with Crippen LogP contribution in [0.15, 0.2) is 48.6 Å². The summed E-state index contributed by atoms with van der Waals surface area (Å²) in [6, 6.07) is 0. The van der Waals surface area contributed by atoms with E-state index in [1.807, 2.05) is 12.2 Å². The van der Waals surface area contributed by atoms with Gasteiger partial charge in [0.2, 0.25) is 0 Å². The smallest absolute Gasteiger partial charge is 0.303 e. The van der Waals surface area contributed by atoms with Crippen LogP contribution in [0.3, 0.4) is 0 Å². The number of carboxylic acid groups (broad SMARTS) is 1. The maximum Gasteiger partial charge on any atom is 0.303 e. The van der Waals surface area contributed by atoms with Crippen LogP contribution in [-0.4, -0.2) is 56.9 Å². The van der Waals surface area contributed by atoms with E-state index in [1.54, 1.807) is 12.2 Å². The van der Waals surface area contributed by atoms with E-state index in [0.29, 0.717) is 6.42 Å². The van der Waals surface area contributed by atoms with Gasteiger partial charge in [-0.1, -0.05) is 55.5 Å². The van der Waals surface area contributed by atoms with Gasteiger partial charge in [-0.25, -0.2) is 0 Å². The Bertz CT molecular complexity index is 551. The first-order valence-corrected chi connectivity index (χ1v) is 9.98. The molecule has 0 aliphatic carbocycles. The minimum Gasteiger partial charge on any atom is -0.481 e. The molecule has 5 atom stereocenters. The minimum atomic E-state index is -0.978. The van der Waals surface area contributed by atoms with E-state index < -0.39 is 36.5 Å². The summed E-state index contributed by atoms with van der Waals surface area (Å²) >= 11 is 0. The molecule has 1 heterocycles. The van der Waals surface area contributed by atoms with Gasteiger partial charge in [0, 0.05) is 12.8 Å². The molecule has 0 saturated carbocycles. The number of aliphatic hydroxyl groups excluding tert-OH is 3. The molecule has 0 aromatic carbocycles. The Morgan fingerprint density at radius 1 is 1.11 bits per heavy atom. The molecule has 6 nitrogen and oxygen atoms in total. The van der Waals surface area contributed by atoms with Crippen molar-refractivity contribution in [2.75, 3.05) is 0 Å². The topological polar surface area (TPSA) is 107 Å². The highest BCUT2D eigenvalue weighted by Gasteiger charge is 2.36. The van der Waals surface area contributed by atoms with Gasteiger partial charge in [-0.05, 0) is 32.1 Å². The summed E-state index contributed by atoms with van der Waals surface area (Å²) in [4.78, 5) is 10.6. The van der Waals surface area contributed by atoms with Crippen molar-refractivity contribution >= 4 is 5.97 Å². The zero-order chi connectivity index (χ0) is 20.8. The predicted octanol–water partition coefficient (Wildman–Crippen LogP) is 2.90. The molecule has 158 valence electrons. The van der Waals surface area contributed by atoms with E-state index in [-0.39, 0.29) is 19.3 Å². The van der Waals surface area contributed by atoms with E-state index in [1.165, 1.54) is 0 Å². The molecular formula is C22H34O6. The number of carbonyl (C=O) groups is 1. The van der Waals surface area contributed by atoms with E-state index in [0.717, 1.165) is 19.3 Å². The second kappa shape index (κ2) is 14.3. The average Bonchev–Trinajstić information content (AvgIpc) is 3.04. The van der Waals surface area contributed by atoms with Crippen molar-refractivity contribution in [2.45, 2.75) is 82.4 Å². The third-order valence-corrected chi connectivity index (χ3v) is 4.45. The number of aliphatic carboxylic acids is 1. The standard InChI is InChI=1S/C22H34O6/c1-2-3-4-5-6-7-8-9-10-11-17(23)12-14-20-19(25)16-21(28-20)18(24)13-15-22(26)27/h3-4,6-7,9-10,12,14,17-21,23-25H,2,5,8,11,13,15-16H2,1H3,(H,26,27)/b4-3-,7-6-,10-9-,14-12+/t17-,18-,19+,20+,21-/m1/s1. The van der Waals surface area contributed by atoms with Crippen molar-refractivity contribution < 1.29 is 30.0 Å². The van der Waals surface area contributed by atoms with Crippen molar-refractivity contribution in [3.05, 3.63) is 48.6 Å². The van der Waals surface area contributed by atoms with E-state index in [2.05, 4.69) is 31.2 Å². The molecule has 0 spiro atoms. The minimum absolute atomic E-state index is 0.0832. The van der Waals surface area contributed by atoms with Crippen LogP contribution in [0.25, 0.3) is 0 Å². The number of allylic oxidation sites excluding steroid dienone is 5. The molecule has 28 heavy (non-hydrogen) atoms. The summed E-state index contributed by atoms with van der Waals surface area (Å²) < 4.78 is 5.59. The summed E-state index contributed by atoms with van der Waals surface area (Å²) in [6.45, 7) is 2.10. The largest absolute Gasteiger partial charge is 0.481 e. The maximum atomic E-state index is 10.6. The molecule has 1 saturated heterocycles. The Balaban J connectivity index is 2.29. The molecule has 1 fully saturated rings. The SMILES string of the molecule is CC/C=C\C/C=C\C/C=C\C[C@@H](O)/C=C/[C@@H]1O[C@@H]([C@H](O)CCC(=O)O)C[C@@H]1O. The van der Waals surface area contributed by atoms with Gasteiger partial charge in [-0.3, -0.25) is 4.79 Å². The summed E-state index contributed by atoms with van der Waals surface area (Å²) in [5, 5.41) is 38.7. The quantitative estimate of drug-likeness (QED) is 0.358. The van der Waals surface area contributed by atoms with Crippen molar-refractivity contribution in [1.29, 1.82) is 0 Å². The fourth-order valence-electron chi connectivity index (χ4n) is 2.86. The average molecular weight is 395 g/mol. The lowest BCUT2D eigenvalue weighted by atomic mass is 10.0. The van der Waals surface area contributed by atoms with Gasteiger partial charge in [0.1, 0.15) is 6.10 Å². The Morgan fingerprint density at radius 2 is 1.75 bits per heavy atom. The lowest BCUT2D eigenvalue weighted by Gasteiger charge is -2.17. The van der Waals surface area contributed by atoms with Crippen molar-refractivity contribution in [1.82, 2.24) is 0 Å². The van der Waals surface area contributed by atoms with Crippen LogP contribution in [0.4, 0.5) is 0 Å². The molecule has 0 aromatic heterocycles. The number of aliphatic hydroxyl groups is 3. The van der Waals surface area contributed by atoms with E-state index in [4.69, 9.17) is 9.84 Å². The van der Waals surface area contributed by atoms with Crippen LogP contribution >= 0.6 is 0 Å². The Hall–Kier alpha value is -1.73. The van der Waals surface area contributed by atoms with Crippen LogP contribution < -0.4 is 0 Å². The van der Waals surface area contributed by atoms with Crippen molar-refractivity contribution in [3.63, 3.8) is 0 Å². The van der Waals surface area contributed by atoms with Gasteiger partial charge in [-0.2, -0.15) is 0 Å². The molecule has 1 aliphatic rings. The Morgan fingerprint density at radius 3 is 2.39 bits per heavy atom. The first-order chi connectivity index (χ1) is 13.4. The number of hydrogen-bond acceptors (Lipinski definition) is 5. The van der Waals surface area contributed by atoms with Crippen molar-refractivity contribution in [3.8, 4) is 0 Å². The van der Waals surface area contributed by atoms with Crippen molar-refractivity contribution in [2.24, 2.45) is 0 Å². The molecule has 0 bridgehead atoms. The predicted molar refractivity (Wildman–Crippen MR) is 109 cm³/mol. The number of rotatable bonds is 13. The third kappa shape index (κ3) is 10.6.